The van der Waals surface area contributed by atoms with Gasteiger partial charge in [-0.05, 0) is 64.8 Å². The van der Waals surface area contributed by atoms with E-state index in [2.05, 4.69) is 61.8 Å². The number of nitrogens with zero attached hydrogens (tertiary/aromatic N) is 1. The van der Waals surface area contributed by atoms with Crippen LogP contribution in [0, 0.1) is 0 Å². The Labute approximate surface area is 167 Å². The van der Waals surface area contributed by atoms with Gasteiger partial charge in [0.05, 0.1) is 5.02 Å². The van der Waals surface area contributed by atoms with Crippen LogP contribution in [0.2, 0.25) is 5.02 Å². The lowest BCUT2D eigenvalue weighted by Gasteiger charge is -2.33. The number of hydrogen-bond acceptors (Lipinski definition) is 2. The van der Waals surface area contributed by atoms with Crippen molar-refractivity contribution in [1.29, 1.82) is 0 Å². The summed E-state index contributed by atoms with van der Waals surface area (Å²) in [5.74, 6) is 0. The maximum Gasteiger partial charge on any atom is 0.170 e. The van der Waals surface area contributed by atoms with E-state index in [0.717, 1.165) is 42.6 Å². The van der Waals surface area contributed by atoms with E-state index in [9.17, 15) is 0 Å². The van der Waals surface area contributed by atoms with E-state index in [1.165, 1.54) is 5.56 Å². The molecule has 0 aliphatic carbocycles. The van der Waals surface area contributed by atoms with Crippen molar-refractivity contribution in [2.24, 2.45) is 0 Å². The van der Waals surface area contributed by atoms with Gasteiger partial charge in [-0.25, -0.2) is 0 Å². The number of rotatable bonds is 4. The van der Waals surface area contributed by atoms with Crippen LogP contribution in [-0.4, -0.2) is 29.1 Å². The first-order valence-corrected chi connectivity index (χ1v) is 9.97. The lowest BCUT2D eigenvalue weighted by atomic mass is 10.0. The van der Waals surface area contributed by atoms with Crippen LogP contribution in [0.1, 0.15) is 18.4 Å². The molecule has 1 aliphatic heterocycles. The largest absolute Gasteiger partial charge is 0.360 e. The maximum absolute atomic E-state index is 6.12. The summed E-state index contributed by atoms with van der Waals surface area (Å²) < 4.78 is 0.879. The average molecular weight is 439 g/mol. The van der Waals surface area contributed by atoms with Gasteiger partial charge in [0, 0.05) is 35.8 Å². The Hall–Kier alpha value is -1.14. The number of hydrogen-bond donors (Lipinski definition) is 2. The van der Waals surface area contributed by atoms with Gasteiger partial charge in [-0.15, -0.1) is 0 Å². The van der Waals surface area contributed by atoms with E-state index >= 15 is 0 Å². The summed E-state index contributed by atoms with van der Waals surface area (Å²) in [5.41, 5.74) is 2.27. The van der Waals surface area contributed by atoms with Crippen molar-refractivity contribution in [2.45, 2.75) is 25.4 Å². The molecule has 2 aromatic carbocycles. The minimum atomic E-state index is 0.415. The molecule has 3 rings (SSSR count). The monoisotopic (exact) mass is 437 g/mol. The Morgan fingerprint density at radius 2 is 1.88 bits per heavy atom. The van der Waals surface area contributed by atoms with Crippen molar-refractivity contribution < 1.29 is 0 Å². The normalized spacial score (nSPS) is 15.8. The summed E-state index contributed by atoms with van der Waals surface area (Å²) in [7, 11) is 0. The van der Waals surface area contributed by atoms with Gasteiger partial charge >= 0.3 is 0 Å². The topological polar surface area (TPSA) is 27.3 Å². The molecule has 0 aromatic heterocycles. The van der Waals surface area contributed by atoms with Gasteiger partial charge in [-0.2, -0.15) is 0 Å². The Balaban J connectivity index is 1.43. The molecule has 25 heavy (non-hydrogen) atoms. The van der Waals surface area contributed by atoms with Crippen LogP contribution < -0.4 is 10.6 Å². The van der Waals surface area contributed by atoms with Crippen LogP contribution >= 0.6 is 39.7 Å². The summed E-state index contributed by atoms with van der Waals surface area (Å²) in [6.45, 7) is 3.19. The zero-order chi connectivity index (χ0) is 17.6. The van der Waals surface area contributed by atoms with Crippen molar-refractivity contribution in [3.05, 3.63) is 63.6 Å². The van der Waals surface area contributed by atoms with Crippen LogP contribution in [0.5, 0.6) is 0 Å². The van der Waals surface area contributed by atoms with Crippen LogP contribution in [0.3, 0.4) is 0 Å². The molecular formula is C19H21BrClN3S. The zero-order valence-electron chi connectivity index (χ0n) is 13.8. The van der Waals surface area contributed by atoms with E-state index in [1.807, 2.05) is 18.2 Å². The number of nitrogens with one attached hydrogen (secondary N) is 2. The molecule has 0 spiro atoms. The van der Waals surface area contributed by atoms with Crippen molar-refractivity contribution in [3.8, 4) is 0 Å². The number of halogens is 2. The molecule has 1 saturated heterocycles. The molecule has 0 unspecified atom stereocenters. The molecule has 0 bridgehead atoms. The molecule has 0 saturated carbocycles. The Morgan fingerprint density at radius 3 is 2.56 bits per heavy atom. The summed E-state index contributed by atoms with van der Waals surface area (Å²) in [4.78, 5) is 2.50. The molecule has 1 aliphatic rings. The molecule has 132 valence electrons. The first-order chi connectivity index (χ1) is 12.1. The minimum Gasteiger partial charge on any atom is -0.360 e. The average Bonchev–Trinajstić information content (AvgIpc) is 2.61. The Kier molecular flexibility index (Phi) is 6.70. The molecule has 1 fully saturated rings. The number of benzene rings is 2. The van der Waals surface area contributed by atoms with E-state index in [0.29, 0.717) is 16.2 Å². The second-order valence-electron chi connectivity index (χ2n) is 6.26. The highest BCUT2D eigenvalue weighted by Gasteiger charge is 2.19. The van der Waals surface area contributed by atoms with Gasteiger partial charge in [-0.3, -0.25) is 4.90 Å². The Morgan fingerprint density at radius 1 is 1.16 bits per heavy atom. The third-order valence-corrected chi connectivity index (χ3v) is 5.80. The number of piperidine rings is 1. The third kappa shape index (κ3) is 5.68. The smallest absolute Gasteiger partial charge is 0.170 e. The van der Waals surface area contributed by atoms with E-state index in [-0.39, 0.29) is 0 Å². The summed E-state index contributed by atoms with van der Waals surface area (Å²) >= 11 is 14.9. The van der Waals surface area contributed by atoms with Crippen LogP contribution in [0.4, 0.5) is 5.69 Å². The third-order valence-electron chi connectivity index (χ3n) is 4.35. The molecule has 6 heteroatoms. The second-order valence-corrected chi connectivity index (χ2v) is 7.93. The highest BCUT2D eigenvalue weighted by molar-refractivity contribution is 9.10. The fraction of sp³-hybridized carbons (Fsp3) is 0.316. The minimum absolute atomic E-state index is 0.415. The van der Waals surface area contributed by atoms with E-state index in [4.69, 9.17) is 23.8 Å². The highest BCUT2D eigenvalue weighted by atomic mass is 79.9. The lowest BCUT2D eigenvalue weighted by molar-refractivity contribution is 0.199. The van der Waals surface area contributed by atoms with Gasteiger partial charge < -0.3 is 10.6 Å². The van der Waals surface area contributed by atoms with E-state index in [1.54, 1.807) is 0 Å². The lowest BCUT2D eigenvalue weighted by Crippen LogP contribution is -2.45. The number of thiocarbonyl (C=S) groups is 1. The standard InChI is InChI=1S/C19H21BrClN3S/c20-17-7-6-16(12-18(17)21)23-19(25)22-15-8-10-24(11-9-15)13-14-4-2-1-3-5-14/h1-7,12,15H,8-11,13H2,(H2,22,23,25). The predicted octanol–water partition coefficient (Wildman–Crippen LogP) is 5.05. The van der Waals surface area contributed by atoms with E-state index < -0.39 is 0 Å². The van der Waals surface area contributed by atoms with Crippen molar-refractivity contribution in [3.63, 3.8) is 0 Å². The summed E-state index contributed by atoms with van der Waals surface area (Å²) in [6, 6.07) is 16.8. The number of likely N-dealkylation sites (tertiary alicyclic amines) is 1. The molecule has 0 amide bonds. The summed E-state index contributed by atoms with van der Waals surface area (Å²) in [5, 5.41) is 7.96. The summed E-state index contributed by atoms with van der Waals surface area (Å²) in [6.07, 6.45) is 2.19. The van der Waals surface area contributed by atoms with Crippen molar-refractivity contribution in [2.75, 3.05) is 18.4 Å². The van der Waals surface area contributed by atoms with Crippen LogP contribution in [0.25, 0.3) is 0 Å². The van der Waals surface area contributed by atoms with Crippen LogP contribution in [0.15, 0.2) is 53.0 Å². The highest BCUT2D eigenvalue weighted by Crippen LogP contribution is 2.25. The molecule has 0 atom stereocenters. The van der Waals surface area contributed by atoms with Gasteiger partial charge in [-0.1, -0.05) is 41.9 Å². The molecular weight excluding hydrogens is 418 g/mol. The first kappa shape index (κ1) is 18.6. The SMILES string of the molecule is S=C(Nc1ccc(Br)c(Cl)c1)NC1CCN(Cc2ccccc2)CC1. The number of anilines is 1. The predicted molar refractivity (Wildman–Crippen MR) is 113 cm³/mol. The van der Waals surface area contributed by atoms with Gasteiger partial charge in [0.1, 0.15) is 0 Å². The molecule has 1 heterocycles. The van der Waals surface area contributed by atoms with Gasteiger partial charge in [0.25, 0.3) is 0 Å². The second kappa shape index (κ2) is 8.99. The van der Waals surface area contributed by atoms with Crippen molar-refractivity contribution in [1.82, 2.24) is 10.2 Å². The molecule has 0 radical (unpaired) electrons. The van der Waals surface area contributed by atoms with Crippen LogP contribution in [-0.2, 0) is 6.54 Å². The zero-order valence-corrected chi connectivity index (χ0v) is 17.0. The maximum atomic E-state index is 6.12. The fourth-order valence-corrected chi connectivity index (χ4v) is 3.72. The van der Waals surface area contributed by atoms with Gasteiger partial charge in [0.2, 0.25) is 0 Å². The first-order valence-electron chi connectivity index (χ1n) is 8.39. The Bertz CT molecular complexity index is 718. The quantitative estimate of drug-likeness (QED) is 0.653. The fourth-order valence-electron chi connectivity index (χ4n) is 3.00. The van der Waals surface area contributed by atoms with Gasteiger partial charge in [0.15, 0.2) is 5.11 Å². The molecule has 2 aromatic rings. The van der Waals surface area contributed by atoms with Crippen molar-refractivity contribution >= 4 is 50.5 Å². The molecule has 3 nitrogen and oxygen atoms in total. The molecule has 2 N–H and O–H groups in total.